The Balaban J connectivity index is 2.23. The first-order chi connectivity index (χ1) is 8.20. The molecule has 1 heterocycles. The van der Waals surface area contributed by atoms with Crippen molar-refractivity contribution >= 4 is 5.69 Å². The van der Waals surface area contributed by atoms with Gasteiger partial charge in [0, 0.05) is 12.2 Å². The highest BCUT2D eigenvalue weighted by molar-refractivity contribution is 5.41. The molecule has 0 saturated heterocycles. The summed E-state index contributed by atoms with van der Waals surface area (Å²) in [7, 11) is 0. The molecule has 6 N–H and O–H groups in total. The minimum absolute atomic E-state index is 0.296. The van der Waals surface area contributed by atoms with Gasteiger partial charge < -0.3 is 17.2 Å². The van der Waals surface area contributed by atoms with Crippen molar-refractivity contribution < 1.29 is 0 Å². The Morgan fingerprint density at radius 2 is 1.76 bits per heavy atom. The molecule has 0 spiro atoms. The molecule has 1 atom stereocenters. The van der Waals surface area contributed by atoms with Gasteiger partial charge >= 0.3 is 0 Å². The first-order valence-electron chi connectivity index (χ1n) is 5.32. The summed E-state index contributed by atoms with van der Waals surface area (Å²) in [4.78, 5) is 8.42. The zero-order chi connectivity index (χ0) is 12.3. The van der Waals surface area contributed by atoms with Crippen molar-refractivity contribution in [2.24, 2.45) is 11.5 Å². The van der Waals surface area contributed by atoms with Gasteiger partial charge in [-0.25, -0.2) is 0 Å². The van der Waals surface area contributed by atoms with E-state index in [-0.39, 0.29) is 6.04 Å². The largest absolute Gasteiger partial charge is 0.399 e. The number of aromatic nitrogens is 2. The molecule has 17 heavy (non-hydrogen) atoms. The van der Waals surface area contributed by atoms with Crippen molar-refractivity contribution in [1.82, 2.24) is 9.97 Å². The molecule has 5 heteroatoms. The van der Waals surface area contributed by atoms with Crippen LogP contribution in [0.5, 0.6) is 0 Å². The molecular weight excluding hydrogens is 214 g/mol. The van der Waals surface area contributed by atoms with Crippen LogP contribution in [0.1, 0.15) is 23.0 Å². The molecule has 0 bridgehead atoms. The van der Waals surface area contributed by atoms with E-state index in [1.807, 2.05) is 24.3 Å². The molecule has 2 aromatic rings. The molecule has 1 aromatic carbocycles. The van der Waals surface area contributed by atoms with E-state index in [0.717, 1.165) is 11.3 Å². The highest BCUT2D eigenvalue weighted by Crippen LogP contribution is 2.18. The molecule has 1 aromatic heterocycles. The lowest BCUT2D eigenvalue weighted by Crippen LogP contribution is -2.14. The summed E-state index contributed by atoms with van der Waals surface area (Å²) in [5.41, 5.74) is 20.3. The fourth-order valence-electron chi connectivity index (χ4n) is 1.50. The average molecular weight is 229 g/mol. The molecular formula is C12H15N5. The molecule has 2 rings (SSSR count). The summed E-state index contributed by atoms with van der Waals surface area (Å²) >= 11 is 0. The quantitative estimate of drug-likeness (QED) is 0.667. The summed E-state index contributed by atoms with van der Waals surface area (Å²) in [6.07, 6.45) is 3.30. The Morgan fingerprint density at radius 3 is 2.29 bits per heavy atom. The van der Waals surface area contributed by atoms with Gasteiger partial charge in [-0.1, -0.05) is 12.1 Å². The molecule has 1 unspecified atom stereocenters. The van der Waals surface area contributed by atoms with Crippen LogP contribution in [0.15, 0.2) is 36.7 Å². The Hall–Kier alpha value is -1.98. The maximum atomic E-state index is 6.08. The van der Waals surface area contributed by atoms with E-state index in [9.17, 15) is 0 Å². The van der Waals surface area contributed by atoms with Gasteiger partial charge in [0.25, 0.3) is 0 Å². The molecule has 0 aliphatic heterocycles. The number of anilines is 1. The van der Waals surface area contributed by atoms with Gasteiger partial charge in [-0.2, -0.15) is 0 Å². The SMILES string of the molecule is NCc1cnc(C(N)c2ccc(N)cc2)cn1. The Labute approximate surface area is 99.7 Å². The number of hydrogen-bond donors (Lipinski definition) is 3. The third-order valence-electron chi connectivity index (χ3n) is 2.55. The van der Waals surface area contributed by atoms with Gasteiger partial charge in [0.05, 0.1) is 29.8 Å². The fraction of sp³-hybridized carbons (Fsp3) is 0.167. The predicted octanol–water partition coefficient (Wildman–Crippen LogP) is 0.566. The van der Waals surface area contributed by atoms with E-state index < -0.39 is 0 Å². The van der Waals surface area contributed by atoms with Crippen LogP contribution in [-0.2, 0) is 6.54 Å². The van der Waals surface area contributed by atoms with Crippen LogP contribution >= 0.6 is 0 Å². The third kappa shape index (κ3) is 2.58. The smallest absolute Gasteiger partial charge is 0.0799 e. The lowest BCUT2D eigenvalue weighted by Gasteiger charge is -2.11. The Bertz CT molecular complexity index is 477. The lowest BCUT2D eigenvalue weighted by molar-refractivity contribution is 0.805. The van der Waals surface area contributed by atoms with Gasteiger partial charge in [-0.15, -0.1) is 0 Å². The zero-order valence-electron chi connectivity index (χ0n) is 9.38. The van der Waals surface area contributed by atoms with E-state index in [2.05, 4.69) is 9.97 Å². The third-order valence-corrected chi connectivity index (χ3v) is 2.55. The second-order valence-electron chi connectivity index (χ2n) is 3.78. The summed E-state index contributed by atoms with van der Waals surface area (Å²) in [5, 5.41) is 0. The normalized spacial score (nSPS) is 12.4. The number of hydrogen-bond acceptors (Lipinski definition) is 5. The van der Waals surface area contributed by atoms with Crippen molar-refractivity contribution in [3.63, 3.8) is 0 Å². The van der Waals surface area contributed by atoms with Crippen LogP contribution < -0.4 is 17.2 Å². The number of nitrogen functional groups attached to an aromatic ring is 1. The van der Waals surface area contributed by atoms with Gasteiger partial charge in [-0.3, -0.25) is 9.97 Å². The van der Waals surface area contributed by atoms with Crippen LogP contribution in [0.3, 0.4) is 0 Å². The monoisotopic (exact) mass is 229 g/mol. The second-order valence-corrected chi connectivity index (χ2v) is 3.78. The van der Waals surface area contributed by atoms with Crippen molar-refractivity contribution in [3.8, 4) is 0 Å². The first-order valence-corrected chi connectivity index (χ1v) is 5.32. The molecule has 5 nitrogen and oxygen atoms in total. The zero-order valence-corrected chi connectivity index (χ0v) is 9.38. The molecule has 88 valence electrons. The highest BCUT2D eigenvalue weighted by atomic mass is 14.8. The number of nitrogens with two attached hydrogens (primary N) is 3. The predicted molar refractivity (Wildman–Crippen MR) is 66.8 cm³/mol. The van der Waals surface area contributed by atoms with Crippen LogP contribution in [0, 0.1) is 0 Å². The number of benzene rings is 1. The molecule has 0 aliphatic rings. The Kier molecular flexibility index (Phi) is 3.32. The number of nitrogens with zero attached hydrogens (tertiary/aromatic N) is 2. The minimum Gasteiger partial charge on any atom is -0.399 e. The summed E-state index contributed by atoms with van der Waals surface area (Å²) in [5.74, 6) is 0. The van der Waals surface area contributed by atoms with Crippen LogP contribution in [0.4, 0.5) is 5.69 Å². The maximum absolute atomic E-state index is 6.08. The standard InChI is InChI=1S/C12H15N5/c13-5-10-6-17-11(7-16-10)12(15)8-1-3-9(14)4-2-8/h1-4,6-7,12H,5,13-15H2. The molecule has 0 radical (unpaired) electrons. The van der Waals surface area contributed by atoms with Crippen molar-refractivity contribution in [2.75, 3.05) is 5.73 Å². The maximum Gasteiger partial charge on any atom is 0.0799 e. The molecule has 0 saturated carbocycles. The van der Waals surface area contributed by atoms with E-state index in [1.165, 1.54) is 0 Å². The summed E-state index contributed by atoms with van der Waals surface area (Å²) in [6.45, 7) is 0.379. The molecule has 0 amide bonds. The van der Waals surface area contributed by atoms with Gasteiger partial charge in [-0.05, 0) is 17.7 Å². The van der Waals surface area contributed by atoms with Crippen molar-refractivity contribution in [2.45, 2.75) is 12.6 Å². The van der Waals surface area contributed by atoms with E-state index in [4.69, 9.17) is 17.2 Å². The van der Waals surface area contributed by atoms with Crippen LogP contribution in [0.2, 0.25) is 0 Å². The van der Waals surface area contributed by atoms with Gasteiger partial charge in [0.2, 0.25) is 0 Å². The minimum atomic E-state index is -0.296. The van der Waals surface area contributed by atoms with E-state index in [1.54, 1.807) is 12.4 Å². The lowest BCUT2D eigenvalue weighted by atomic mass is 10.0. The van der Waals surface area contributed by atoms with Gasteiger partial charge in [0.1, 0.15) is 0 Å². The Morgan fingerprint density at radius 1 is 1.06 bits per heavy atom. The van der Waals surface area contributed by atoms with E-state index in [0.29, 0.717) is 17.9 Å². The fourth-order valence-corrected chi connectivity index (χ4v) is 1.50. The summed E-state index contributed by atoms with van der Waals surface area (Å²) < 4.78 is 0. The second kappa shape index (κ2) is 4.90. The average Bonchev–Trinajstić information content (AvgIpc) is 2.39. The van der Waals surface area contributed by atoms with Crippen LogP contribution in [0.25, 0.3) is 0 Å². The topological polar surface area (TPSA) is 104 Å². The summed E-state index contributed by atoms with van der Waals surface area (Å²) in [6, 6.07) is 7.11. The first kappa shape index (κ1) is 11.5. The van der Waals surface area contributed by atoms with Crippen molar-refractivity contribution in [1.29, 1.82) is 0 Å². The number of rotatable bonds is 3. The van der Waals surface area contributed by atoms with Gasteiger partial charge in [0.15, 0.2) is 0 Å². The van der Waals surface area contributed by atoms with Crippen LogP contribution in [-0.4, -0.2) is 9.97 Å². The highest BCUT2D eigenvalue weighted by Gasteiger charge is 2.10. The van der Waals surface area contributed by atoms with Crippen molar-refractivity contribution in [3.05, 3.63) is 53.6 Å². The molecule has 0 aliphatic carbocycles. The molecule has 0 fully saturated rings. The van der Waals surface area contributed by atoms with E-state index >= 15 is 0 Å².